The van der Waals surface area contributed by atoms with Crippen LogP contribution in [0.5, 0.6) is 0 Å². The van der Waals surface area contributed by atoms with Crippen LogP contribution in [0.2, 0.25) is 0 Å². The summed E-state index contributed by atoms with van der Waals surface area (Å²) in [5, 5.41) is 9.75. The second-order valence-corrected chi connectivity index (χ2v) is 6.38. The SMILES string of the molecule is O=C1CC(C(=O)NCc2cnn(-c3ccccc3)c2)c2ccc(F)cc2N1. The van der Waals surface area contributed by atoms with E-state index < -0.39 is 11.7 Å². The van der Waals surface area contributed by atoms with Crippen molar-refractivity contribution in [1.29, 1.82) is 0 Å². The minimum absolute atomic E-state index is 0.0355. The van der Waals surface area contributed by atoms with Crippen LogP contribution >= 0.6 is 0 Å². The molecule has 2 amide bonds. The zero-order valence-corrected chi connectivity index (χ0v) is 14.4. The fourth-order valence-corrected chi connectivity index (χ4v) is 3.16. The van der Waals surface area contributed by atoms with Crippen molar-refractivity contribution >= 4 is 17.5 Å². The Hall–Kier alpha value is -3.48. The number of benzene rings is 2. The Morgan fingerprint density at radius 2 is 2.07 bits per heavy atom. The molecule has 1 aliphatic rings. The van der Waals surface area contributed by atoms with Gasteiger partial charge in [-0.15, -0.1) is 0 Å². The highest BCUT2D eigenvalue weighted by molar-refractivity contribution is 6.01. The molecule has 1 aromatic heterocycles. The van der Waals surface area contributed by atoms with E-state index in [1.54, 1.807) is 16.9 Å². The molecule has 0 saturated carbocycles. The van der Waals surface area contributed by atoms with Gasteiger partial charge in [-0.25, -0.2) is 9.07 Å². The fourth-order valence-electron chi connectivity index (χ4n) is 3.16. The largest absolute Gasteiger partial charge is 0.351 e. The summed E-state index contributed by atoms with van der Waals surface area (Å²) in [6.07, 6.45) is 3.56. The molecule has 136 valence electrons. The molecule has 0 radical (unpaired) electrons. The molecule has 1 unspecified atom stereocenters. The standard InChI is InChI=1S/C20H17FN4O2/c21-14-6-7-16-17(9-19(26)24-18(16)8-14)20(27)22-10-13-11-23-25(12-13)15-4-2-1-3-5-15/h1-8,11-12,17H,9-10H2,(H,22,27)(H,24,26). The van der Waals surface area contributed by atoms with Crippen LogP contribution in [-0.2, 0) is 16.1 Å². The van der Waals surface area contributed by atoms with E-state index in [1.807, 2.05) is 36.5 Å². The lowest BCUT2D eigenvalue weighted by Gasteiger charge is -2.24. The lowest BCUT2D eigenvalue weighted by atomic mass is 9.89. The van der Waals surface area contributed by atoms with Gasteiger partial charge in [-0.1, -0.05) is 24.3 Å². The van der Waals surface area contributed by atoms with Crippen molar-refractivity contribution < 1.29 is 14.0 Å². The maximum absolute atomic E-state index is 13.4. The van der Waals surface area contributed by atoms with Gasteiger partial charge in [0.05, 0.1) is 17.8 Å². The molecule has 2 N–H and O–H groups in total. The van der Waals surface area contributed by atoms with E-state index in [4.69, 9.17) is 0 Å². The van der Waals surface area contributed by atoms with Gasteiger partial charge < -0.3 is 10.6 Å². The van der Waals surface area contributed by atoms with Crippen LogP contribution in [0, 0.1) is 5.82 Å². The number of rotatable bonds is 4. The van der Waals surface area contributed by atoms with Crippen molar-refractivity contribution in [3.8, 4) is 5.69 Å². The average molecular weight is 364 g/mol. The topological polar surface area (TPSA) is 76.0 Å². The van der Waals surface area contributed by atoms with Crippen molar-refractivity contribution in [3.63, 3.8) is 0 Å². The molecule has 0 aliphatic carbocycles. The zero-order valence-electron chi connectivity index (χ0n) is 14.4. The summed E-state index contributed by atoms with van der Waals surface area (Å²) in [6.45, 7) is 0.292. The van der Waals surface area contributed by atoms with Crippen LogP contribution in [0.1, 0.15) is 23.5 Å². The minimum atomic E-state index is -0.640. The summed E-state index contributed by atoms with van der Waals surface area (Å²) in [5.74, 6) is -1.67. The third-order valence-electron chi connectivity index (χ3n) is 4.49. The highest BCUT2D eigenvalue weighted by Crippen LogP contribution is 2.32. The van der Waals surface area contributed by atoms with Gasteiger partial charge in [0, 0.05) is 30.4 Å². The Labute approximate surface area is 155 Å². The smallest absolute Gasteiger partial charge is 0.228 e. The number of aromatic nitrogens is 2. The fraction of sp³-hybridized carbons (Fsp3) is 0.150. The number of nitrogens with zero attached hydrogens (tertiary/aromatic N) is 2. The number of nitrogens with one attached hydrogen (secondary N) is 2. The molecular formula is C20H17FN4O2. The van der Waals surface area contributed by atoms with E-state index in [9.17, 15) is 14.0 Å². The highest BCUT2D eigenvalue weighted by atomic mass is 19.1. The first-order valence-corrected chi connectivity index (χ1v) is 8.56. The minimum Gasteiger partial charge on any atom is -0.351 e. The predicted octanol–water partition coefficient (Wildman–Crippen LogP) is 2.75. The third-order valence-corrected chi connectivity index (χ3v) is 4.49. The zero-order chi connectivity index (χ0) is 18.8. The van der Waals surface area contributed by atoms with Gasteiger partial charge in [-0.2, -0.15) is 5.10 Å². The van der Waals surface area contributed by atoms with Gasteiger partial charge in [0.2, 0.25) is 11.8 Å². The van der Waals surface area contributed by atoms with Crippen LogP contribution < -0.4 is 10.6 Å². The van der Waals surface area contributed by atoms with Gasteiger partial charge >= 0.3 is 0 Å². The molecular weight excluding hydrogens is 347 g/mol. The Morgan fingerprint density at radius 1 is 1.26 bits per heavy atom. The highest BCUT2D eigenvalue weighted by Gasteiger charge is 2.30. The van der Waals surface area contributed by atoms with Crippen LogP contribution in [-0.4, -0.2) is 21.6 Å². The molecule has 0 spiro atoms. The first-order chi connectivity index (χ1) is 13.1. The maximum atomic E-state index is 13.4. The quantitative estimate of drug-likeness (QED) is 0.747. The molecule has 3 aromatic rings. The van der Waals surface area contributed by atoms with Gasteiger partial charge in [-0.3, -0.25) is 9.59 Å². The molecule has 1 atom stereocenters. The summed E-state index contributed by atoms with van der Waals surface area (Å²) in [5.41, 5.74) is 2.73. The number of hydrogen-bond donors (Lipinski definition) is 2. The van der Waals surface area contributed by atoms with Crippen LogP contribution in [0.15, 0.2) is 60.9 Å². The Morgan fingerprint density at radius 3 is 2.89 bits per heavy atom. The number of carbonyl (C=O) groups excluding carboxylic acids is 2. The Bertz CT molecular complexity index is 1000. The molecule has 6 nitrogen and oxygen atoms in total. The summed E-state index contributed by atoms with van der Waals surface area (Å²) >= 11 is 0. The molecule has 27 heavy (non-hydrogen) atoms. The monoisotopic (exact) mass is 364 g/mol. The molecule has 4 rings (SSSR count). The van der Waals surface area contributed by atoms with Crippen molar-refractivity contribution in [2.75, 3.05) is 5.32 Å². The molecule has 2 aromatic carbocycles. The van der Waals surface area contributed by atoms with Crippen molar-refractivity contribution in [3.05, 3.63) is 77.9 Å². The lowest BCUT2D eigenvalue weighted by molar-refractivity contribution is -0.126. The van der Waals surface area contributed by atoms with Crippen molar-refractivity contribution in [2.24, 2.45) is 0 Å². The van der Waals surface area contributed by atoms with Gasteiger partial charge in [0.25, 0.3) is 0 Å². The summed E-state index contributed by atoms with van der Waals surface area (Å²) < 4.78 is 15.1. The molecule has 2 heterocycles. The van der Waals surface area contributed by atoms with Crippen LogP contribution in [0.25, 0.3) is 5.69 Å². The number of para-hydroxylation sites is 1. The number of anilines is 1. The second kappa shape index (κ2) is 7.03. The van der Waals surface area contributed by atoms with E-state index in [-0.39, 0.29) is 18.2 Å². The molecule has 1 aliphatic heterocycles. The summed E-state index contributed by atoms with van der Waals surface area (Å²) in [7, 11) is 0. The van der Waals surface area contributed by atoms with E-state index in [0.29, 0.717) is 17.8 Å². The summed E-state index contributed by atoms with van der Waals surface area (Å²) in [4.78, 5) is 24.5. The molecule has 0 fully saturated rings. The Kier molecular flexibility index (Phi) is 4.42. The maximum Gasteiger partial charge on any atom is 0.228 e. The van der Waals surface area contributed by atoms with Gasteiger partial charge in [0.1, 0.15) is 5.82 Å². The van der Waals surface area contributed by atoms with Crippen LogP contribution in [0.3, 0.4) is 0 Å². The number of halogens is 1. The van der Waals surface area contributed by atoms with Crippen LogP contribution in [0.4, 0.5) is 10.1 Å². The lowest BCUT2D eigenvalue weighted by Crippen LogP contribution is -2.34. The van der Waals surface area contributed by atoms with Crippen molar-refractivity contribution in [1.82, 2.24) is 15.1 Å². The molecule has 0 saturated heterocycles. The van der Waals surface area contributed by atoms with E-state index in [2.05, 4.69) is 15.7 Å². The normalized spacial score (nSPS) is 15.7. The first kappa shape index (κ1) is 17.0. The average Bonchev–Trinajstić information content (AvgIpc) is 3.15. The molecule has 0 bridgehead atoms. The third kappa shape index (κ3) is 3.57. The van der Waals surface area contributed by atoms with E-state index >= 15 is 0 Å². The number of hydrogen-bond acceptors (Lipinski definition) is 3. The van der Waals surface area contributed by atoms with Gasteiger partial charge in [-0.05, 0) is 29.8 Å². The first-order valence-electron chi connectivity index (χ1n) is 8.56. The second-order valence-electron chi connectivity index (χ2n) is 6.38. The van der Waals surface area contributed by atoms with E-state index in [1.165, 1.54) is 12.1 Å². The van der Waals surface area contributed by atoms with E-state index in [0.717, 1.165) is 11.3 Å². The summed E-state index contributed by atoms with van der Waals surface area (Å²) in [6, 6.07) is 13.7. The number of fused-ring (bicyclic) bond motifs is 1. The van der Waals surface area contributed by atoms with Gasteiger partial charge in [0.15, 0.2) is 0 Å². The predicted molar refractivity (Wildman–Crippen MR) is 97.8 cm³/mol. The molecule has 7 heteroatoms. The number of carbonyl (C=O) groups is 2. The Balaban J connectivity index is 1.46. The van der Waals surface area contributed by atoms with Crippen molar-refractivity contribution in [2.45, 2.75) is 18.9 Å². The number of amides is 2.